The van der Waals surface area contributed by atoms with E-state index in [-0.39, 0.29) is 19.3 Å². The molecule has 0 bridgehead atoms. The molecule has 0 aliphatic carbocycles. The minimum absolute atomic E-state index is 0.0957. The van der Waals surface area contributed by atoms with Gasteiger partial charge in [-0.2, -0.15) is 23.4 Å². The van der Waals surface area contributed by atoms with Crippen molar-refractivity contribution in [3.05, 3.63) is 30.7 Å². The predicted octanol–water partition coefficient (Wildman–Crippen LogP) is 4.35. The van der Waals surface area contributed by atoms with Crippen molar-refractivity contribution >= 4 is 22.9 Å². The molecule has 1 unspecified atom stereocenters. The molecule has 1 amide bonds. The van der Waals surface area contributed by atoms with Crippen LogP contribution < -0.4 is 4.74 Å². The molecule has 4 heterocycles. The number of hydrogen-bond donors (Lipinski definition) is 0. The highest BCUT2D eigenvalue weighted by atomic mass is 19.4. The summed E-state index contributed by atoms with van der Waals surface area (Å²) in [6, 6.07) is 1.86. The van der Waals surface area contributed by atoms with Gasteiger partial charge in [-0.3, -0.25) is 9.78 Å². The Kier molecular flexibility index (Phi) is 7.34. The Hall–Kier alpha value is -3.41. The summed E-state index contributed by atoms with van der Waals surface area (Å²) >= 11 is 0. The first kappa shape index (κ1) is 25.7. The van der Waals surface area contributed by atoms with Gasteiger partial charge in [0.1, 0.15) is 6.10 Å². The maximum absolute atomic E-state index is 12.9. The van der Waals surface area contributed by atoms with Crippen molar-refractivity contribution < 1.29 is 27.4 Å². The van der Waals surface area contributed by atoms with Crippen LogP contribution >= 0.6 is 0 Å². The third-order valence-electron chi connectivity index (χ3n) is 6.11. The zero-order valence-electron chi connectivity index (χ0n) is 20.5. The van der Waals surface area contributed by atoms with Crippen LogP contribution in [0.1, 0.15) is 45.0 Å². The van der Waals surface area contributed by atoms with E-state index in [1.54, 1.807) is 32.4 Å². The van der Waals surface area contributed by atoms with Gasteiger partial charge in [-0.05, 0) is 45.3 Å². The highest BCUT2D eigenvalue weighted by molar-refractivity contribution is 5.89. The molecular formula is C24H29F3N6O3. The second kappa shape index (κ2) is 10.3. The lowest BCUT2D eigenvalue weighted by Crippen LogP contribution is -2.45. The van der Waals surface area contributed by atoms with Crippen LogP contribution in [0.4, 0.5) is 13.2 Å². The van der Waals surface area contributed by atoms with Gasteiger partial charge in [-0.1, -0.05) is 6.58 Å². The molecule has 0 N–H and O–H groups in total. The number of aromatic nitrogens is 5. The van der Waals surface area contributed by atoms with Crippen molar-refractivity contribution in [2.45, 2.75) is 51.6 Å². The normalized spacial score (nSPS) is 17.2. The Morgan fingerprint density at radius 1 is 1.39 bits per heavy atom. The van der Waals surface area contributed by atoms with E-state index in [1.165, 1.54) is 11.6 Å². The molecule has 9 nitrogen and oxygen atoms in total. The van der Waals surface area contributed by atoms with Crippen LogP contribution in [0.2, 0.25) is 0 Å². The van der Waals surface area contributed by atoms with E-state index in [0.29, 0.717) is 34.3 Å². The fraction of sp³-hybridized carbons (Fsp3) is 0.500. The molecule has 1 aliphatic rings. The fourth-order valence-corrected chi connectivity index (χ4v) is 4.31. The number of carbonyl (C=O) groups excluding carboxylic acids is 1. The van der Waals surface area contributed by atoms with Crippen molar-refractivity contribution in [3.63, 3.8) is 0 Å². The Labute approximate surface area is 206 Å². The second-order valence-electron chi connectivity index (χ2n) is 8.70. The Bertz CT molecular complexity index is 1250. The first-order valence-corrected chi connectivity index (χ1v) is 11.8. The second-order valence-corrected chi connectivity index (χ2v) is 8.70. The third kappa shape index (κ3) is 5.08. The zero-order chi connectivity index (χ0) is 26.0. The summed E-state index contributed by atoms with van der Waals surface area (Å²) in [6.07, 6.45) is 2.06. The van der Waals surface area contributed by atoms with Crippen molar-refractivity contribution in [2.75, 3.05) is 19.7 Å². The summed E-state index contributed by atoms with van der Waals surface area (Å²) in [7, 11) is 1.66. The Morgan fingerprint density at radius 3 is 2.81 bits per heavy atom. The molecule has 0 spiro atoms. The number of likely N-dealkylation sites (N-methyl/N-ethyl adjacent to an activating group) is 1. The number of pyridine rings is 1. The van der Waals surface area contributed by atoms with E-state index in [4.69, 9.17) is 9.47 Å². The Morgan fingerprint density at radius 2 is 2.17 bits per heavy atom. The monoisotopic (exact) mass is 506 g/mol. The number of alkyl halides is 3. The number of nitrogens with zero attached hydrogens (tertiary/aromatic N) is 6. The lowest BCUT2D eigenvalue weighted by Gasteiger charge is -2.26. The van der Waals surface area contributed by atoms with E-state index in [0.717, 1.165) is 30.2 Å². The molecule has 4 rings (SSSR count). The van der Waals surface area contributed by atoms with E-state index in [2.05, 4.69) is 21.8 Å². The molecule has 1 aliphatic heterocycles. The maximum atomic E-state index is 12.9. The van der Waals surface area contributed by atoms with Crippen LogP contribution in [0.15, 0.2) is 25.0 Å². The van der Waals surface area contributed by atoms with E-state index in [9.17, 15) is 18.0 Å². The number of amides is 1. The maximum Gasteiger partial charge on any atom is 0.471 e. The molecule has 36 heavy (non-hydrogen) atoms. The van der Waals surface area contributed by atoms with Crippen molar-refractivity contribution in [1.29, 1.82) is 0 Å². The molecule has 0 radical (unpaired) electrons. The lowest BCUT2D eigenvalue weighted by molar-refractivity contribution is -0.186. The van der Waals surface area contributed by atoms with Crippen LogP contribution in [0.3, 0.4) is 0 Å². The van der Waals surface area contributed by atoms with E-state index >= 15 is 0 Å². The molecule has 2 atom stereocenters. The highest BCUT2D eigenvalue weighted by Gasteiger charge is 2.42. The van der Waals surface area contributed by atoms with Crippen LogP contribution in [0, 0.1) is 0 Å². The minimum Gasteiger partial charge on any atom is -0.472 e. The molecule has 12 heteroatoms. The van der Waals surface area contributed by atoms with E-state index < -0.39 is 18.2 Å². The average molecular weight is 507 g/mol. The van der Waals surface area contributed by atoms with Crippen LogP contribution in [0.25, 0.3) is 28.2 Å². The highest BCUT2D eigenvalue weighted by Crippen LogP contribution is 2.34. The average Bonchev–Trinajstić information content (AvgIpc) is 3.41. The predicted molar refractivity (Wildman–Crippen MR) is 127 cm³/mol. The van der Waals surface area contributed by atoms with Gasteiger partial charge in [0.05, 0.1) is 41.4 Å². The number of carbonyl (C=O) groups is 1. The summed E-state index contributed by atoms with van der Waals surface area (Å²) in [6.45, 7) is 7.32. The standard InChI is InChI=1S/C24H29F3N6O3/c1-5-18-16-11-19(28-13-20(16)33(30-18)21-9-7-8-10-35-21)17-12-29-31(4)22(17)36-15(3)14-32(6-2)23(34)24(25,26)27/h5,11-13,15,21H,1,6-10,14H2,2-4H3/t15-,21?/m0/s1. The first-order chi connectivity index (χ1) is 17.1. The summed E-state index contributed by atoms with van der Waals surface area (Å²) in [5.74, 6) is -1.57. The fourth-order valence-electron chi connectivity index (χ4n) is 4.31. The smallest absolute Gasteiger partial charge is 0.471 e. The van der Waals surface area contributed by atoms with Gasteiger partial charge < -0.3 is 14.4 Å². The molecule has 1 fully saturated rings. The Balaban J connectivity index is 1.62. The van der Waals surface area contributed by atoms with Crippen LogP contribution in [-0.2, 0) is 16.6 Å². The molecule has 0 saturated carbocycles. The van der Waals surface area contributed by atoms with Crippen molar-refractivity contribution in [2.24, 2.45) is 7.05 Å². The van der Waals surface area contributed by atoms with Gasteiger partial charge >= 0.3 is 12.1 Å². The van der Waals surface area contributed by atoms with Gasteiger partial charge in [0.15, 0.2) is 6.23 Å². The zero-order valence-corrected chi connectivity index (χ0v) is 20.5. The number of fused-ring (bicyclic) bond motifs is 1. The van der Waals surface area contributed by atoms with Crippen molar-refractivity contribution in [1.82, 2.24) is 29.4 Å². The molecule has 3 aromatic rings. The summed E-state index contributed by atoms with van der Waals surface area (Å²) in [5.41, 5.74) is 2.62. The van der Waals surface area contributed by atoms with E-state index in [1.807, 2.05) is 10.7 Å². The van der Waals surface area contributed by atoms with Crippen LogP contribution in [-0.4, -0.2) is 67.3 Å². The molecule has 194 valence electrons. The van der Waals surface area contributed by atoms with Gasteiger partial charge in [-0.15, -0.1) is 0 Å². The number of hydrogen-bond acceptors (Lipinski definition) is 6. The molecular weight excluding hydrogens is 477 g/mol. The van der Waals surface area contributed by atoms with Crippen LogP contribution in [0.5, 0.6) is 5.88 Å². The number of halogens is 3. The van der Waals surface area contributed by atoms with Gasteiger partial charge in [-0.25, -0.2) is 9.36 Å². The minimum atomic E-state index is -4.94. The summed E-state index contributed by atoms with van der Waals surface area (Å²) in [5, 5.41) is 9.76. The van der Waals surface area contributed by atoms with Gasteiger partial charge in [0.25, 0.3) is 0 Å². The van der Waals surface area contributed by atoms with Gasteiger partial charge in [0.2, 0.25) is 5.88 Å². The molecule has 1 saturated heterocycles. The number of aryl methyl sites for hydroxylation is 1. The topological polar surface area (TPSA) is 87.3 Å². The number of rotatable bonds is 8. The number of ether oxygens (including phenoxy) is 2. The third-order valence-corrected chi connectivity index (χ3v) is 6.11. The summed E-state index contributed by atoms with van der Waals surface area (Å²) < 4.78 is 53.9. The lowest BCUT2D eigenvalue weighted by atomic mass is 10.1. The van der Waals surface area contributed by atoms with Gasteiger partial charge in [0, 0.05) is 25.6 Å². The summed E-state index contributed by atoms with van der Waals surface area (Å²) in [4.78, 5) is 17.0. The first-order valence-electron chi connectivity index (χ1n) is 11.8. The largest absolute Gasteiger partial charge is 0.472 e. The molecule has 0 aromatic carbocycles. The SMILES string of the molecule is C=Cc1nn(C2CCCCO2)c2cnc(-c3cnn(C)c3O[C@@H](C)CN(CC)C(=O)C(F)(F)F)cc12. The molecule has 3 aromatic heterocycles. The van der Waals surface area contributed by atoms with Crippen molar-refractivity contribution in [3.8, 4) is 17.1 Å². The quantitative estimate of drug-likeness (QED) is 0.452.